The van der Waals surface area contributed by atoms with Gasteiger partial charge in [-0.05, 0) is 72.2 Å². The van der Waals surface area contributed by atoms with Gasteiger partial charge in [0.1, 0.15) is 25.3 Å². The Labute approximate surface area is 241 Å². The molecule has 3 aromatic carbocycles. The second-order valence-electron chi connectivity index (χ2n) is 10.7. The number of esters is 2. The average molecular weight is 558 g/mol. The van der Waals surface area contributed by atoms with Crippen LogP contribution in [0.3, 0.4) is 0 Å². The van der Waals surface area contributed by atoms with Crippen molar-refractivity contribution in [2.24, 2.45) is 0 Å². The van der Waals surface area contributed by atoms with Gasteiger partial charge >= 0.3 is 11.9 Å². The summed E-state index contributed by atoms with van der Waals surface area (Å²) in [5.41, 5.74) is 8.26. The van der Waals surface area contributed by atoms with Crippen molar-refractivity contribution in [2.45, 2.75) is 70.1 Å². The Morgan fingerprint density at radius 1 is 0.683 bits per heavy atom. The molecule has 216 valence electrons. The summed E-state index contributed by atoms with van der Waals surface area (Å²) >= 11 is 0. The molecule has 0 radical (unpaired) electrons. The molecule has 2 heterocycles. The van der Waals surface area contributed by atoms with E-state index in [1.807, 2.05) is 54.6 Å². The zero-order chi connectivity index (χ0) is 28.3. The Kier molecular flexibility index (Phi) is 10.5. The van der Waals surface area contributed by atoms with Crippen molar-refractivity contribution in [1.82, 2.24) is 16.1 Å². The van der Waals surface area contributed by atoms with Gasteiger partial charge in [0.15, 0.2) is 0 Å². The lowest BCUT2D eigenvalue weighted by atomic mass is 10.0. The van der Waals surface area contributed by atoms with E-state index in [9.17, 15) is 9.59 Å². The topological polar surface area (TPSA) is 97.9 Å². The Hall–Kier alpha value is -3.56. The van der Waals surface area contributed by atoms with E-state index in [1.165, 1.54) is 0 Å². The minimum Gasteiger partial charge on any atom is -0.460 e. The summed E-state index contributed by atoms with van der Waals surface area (Å²) in [6.45, 7) is 2.46. The number of rotatable bonds is 11. The molecule has 8 heteroatoms. The molecular weight excluding hydrogens is 518 g/mol. The maximum Gasteiger partial charge on any atom is 0.323 e. The summed E-state index contributed by atoms with van der Waals surface area (Å²) < 4.78 is 11.1. The van der Waals surface area contributed by atoms with Crippen LogP contribution >= 0.6 is 0 Å². The second kappa shape index (κ2) is 14.9. The highest BCUT2D eigenvalue weighted by molar-refractivity contribution is 5.76. The molecule has 0 unspecified atom stereocenters. The first-order valence-electron chi connectivity index (χ1n) is 14.5. The van der Waals surface area contributed by atoms with E-state index in [2.05, 4.69) is 40.4 Å². The average Bonchev–Trinajstić information content (AvgIpc) is 3.04. The highest BCUT2D eigenvalue weighted by Crippen LogP contribution is 2.23. The van der Waals surface area contributed by atoms with Gasteiger partial charge in [-0.1, -0.05) is 73.2 Å². The largest absolute Gasteiger partial charge is 0.460 e. The van der Waals surface area contributed by atoms with Gasteiger partial charge in [-0.2, -0.15) is 5.48 Å². The van der Waals surface area contributed by atoms with Crippen LogP contribution in [0.5, 0.6) is 0 Å². The molecule has 0 aliphatic carbocycles. The van der Waals surface area contributed by atoms with Crippen molar-refractivity contribution < 1.29 is 23.9 Å². The fraction of sp³-hybridized carbons (Fsp3) is 0.394. The molecule has 5 rings (SSSR count). The minimum absolute atomic E-state index is 0.111. The molecule has 0 saturated carbocycles. The molecule has 41 heavy (non-hydrogen) atoms. The molecule has 0 amide bonds. The van der Waals surface area contributed by atoms with Crippen molar-refractivity contribution in [3.63, 3.8) is 0 Å². The molecule has 3 aromatic rings. The summed E-state index contributed by atoms with van der Waals surface area (Å²) in [5.74, 6) is -0.387. The number of hydrogen-bond acceptors (Lipinski definition) is 8. The first-order valence-corrected chi connectivity index (χ1v) is 14.5. The van der Waals surface area contributed by atoms with Crippen molar-refractivity contribution >= 4 is 11.9 Å². The summed E-state index contributed by atoms with van der Waals surface area (Å²) in [6.07, 6.45) is 4.50. The molecule has 2 fully saturated rings. The summed E-state index contributed by atoms with van der Waals surface area (Å²) in [6, 6.07) is 25.6. The van der Waals surface area contributed by atoms with Crippen LogP contribution in [0.4, 0.5) is 0 Å². The van der Waals surface area contributed by atoms with E-state index in [-0.39, 0.29) is 43.3 Å². The maximum atomic E-state index is 12.4. The predicted octanol–water partition coefficient (Wildman–Crippen LogP) is 4.42. The quantitative estimate of drug-likeness (QED) is 0.236. The van der Waals surface area contributed by atoms with Gasteiger partial charge in [-0.15, -0.1) is 0 Å². The van der Waals surface area contributed by atoms with Gasteiger partial charge < -0.3 is 20.1 Å². The van der Waals surface area contributed by atoms with Gasteiger partial charge in [0.2, 0.25) is 0 Å². The van der Waals surface area contributed by atoms with Crippen molar-refractivity contribution in [2.75, 3.05) is 13.1 Å². The maximum absolute atomic E-state index is 12.4. The Morgan fingerprint density at radius 2 is 1.32 bits per heavy atom. The number of hydrogen-bond donors (Lipinski definition) is 3. The summed E-state index contributed by atoms with van der Waals surface area (Å²) in [7, 11) is 0. The number of nitrogens with one attached hydrogen (secondary N) is 3. The number of benzene rings is 3. The molecule has 0 aromatic heterocycles. The molecule has 2 aliphatic heterocycles. The van der Waals surface area contributed by atoms with Crippen LogP contribution in [0.1, 0.15) is 48.8 Å². The molecule has 0 bridgehead atoms. The molecule has 3 atom stereocenters. The Bertz CT molecular complexity index is 1270. The third-order valence-electron chi connectivity index (χ3n) is 7.57. The van der Waals surface area contributed by atoms with Gasteiger partial charge in [-0.3, -0.25) is 14.4 Å². The van der Waals surface area contributed by atoms with E-state index < -0.39 is 0 Å². The fourth-order valence-corrected chi connectivity index (χ4v) is 5.22. The highest BCUT2D eigenvalue weighted by Gasteiger charge is 2.27. The number of carbonyl (C=O) groups is 2. The van der Waals surface area contributed by atoms with E-state index in [1.54, 1.807) is 0 Å². The van der Waals surface area contributed by atoms with Crippen LogP contribution in [0.15, 0.2) is 78.9 Å². The second-order valence-corrected chi connectivity index (χ2v) is 10.7. The lowest BCUT2D eigenvalue weighted by Gasteiger charge is -2.28. The minimum atomic E-state index is -0.295. The number of hydroxylamine groups is 1. The summed E-state index contributed by atoms with van der Waals surface area (Å²) in [5, 5.41) is 6.51. The molecule has 2 aliphatic rings. The lowest BCUT2D eigenvalue weighted by Crippen LogP contribution is -2.51. The van der Waals surface area contributed by atoms with Crippen LogP contribution in [0, 0.1) is 0 Å². The van der Waals surface area contributed by atoms with E-state index >= 15 is 0 Å². The van der Waals surface area contributed by atoms with Crippen molar-refractivity contribution in [1.29, 1.82) is 0 Å². The molecule has 8 nitrogen and oxygen atoms in total. The number of ether oxygens (including phenoxy) is 2. The predicted molar refractivity (Wildman–Crippen MR) is 156 cm³/mol. The van der Waals surface area contributed by atoms with Crippen LogP contribution in [-0.4, -0.2) is 43.2 Å². The fourth-order valence-electron chi connectivity index (χ4n) is 5.22. The smallest absolute Gasteiger partial charge is 0.323 e. The Balaban J connectivity index is 1.04. The third-order valence-corrected chi connectivity index (χ3v) is 7.57. The summed E-state index contributed by atoms with van der Waals surface area (Å²) in [4.78, 5) is 30.6. The monoisotopic (exact) mass is 557 g/mol. The molecule has 0 spiro atoms. The first kappa shape index (κ1) is 29.0. The lowest BCUT2D eigenvalue weighted by molar-refractivity contribution is -0.149. The zero-order valence-corrected chi connectivity index (χ0v) is 23.3. The third kappa shape index (κ3) is 8.71. The van der Waals surface area contributed by atoms with E-state index in [0.717, 1.165) is 60.0 Å². The van der Waals surface area contributed by atoms with Crippen LogP contribution in [-0.2, 0) is 43.7 Å². The van der Waals surface area contributed by atoms with Gasteiger partial charge in [0.05, 0.1) is 6.61 Å². The SMILES string of the molecule is O=C(OCc1cccc(-c2cccc(CON[C@@H]3CC[C@@H](C(=O)OCc4ccccc4)NC3)c2)c1)[C@@H]1CCCCN1. The van der Waals surface area contributed by atoms with Crippen LogP contribution in [0.2, 0.25) is 0 Å². The van der Waals surface area contributed by atoms with Crippen molar-refractivity contribution in [3.8, 4) is 11.1 Å². The normalized spacial score (nSPS) is 20.7. The number of carbonyl (C=O) groups excluding carboxylic acids is 2. The Morgan fingerprint density at radius 3 is 1.95 bits per heavy atom. The van der Waals surface area contributed by atoms with Gasteiger partial charge in [-0.25, -0.2) is 0 Å². The number of piperidine rings is 2. The zero-order valence-electron chi connectivity index (χ0n) is 23.3. The first-order chi connectivity index (χ1) is 20.1. The van der Waals surface area contributed by atoms with Gasteiger partial charge in [0.25, 0.3) is 0 Å². The van der Waals surface area contributed by atoms with Crippen molar-refractivity contribution in [3.05, 3.63) is 95.6 Å². The highest BCUT2D eigenvalue weighted by atomic mass is 16.6. The molecule has 3 N–H and O–H groups in total. The van der Waals surface area contributed by atoms with Gasteiger partial charge in [0, 0.05) is 12.6 Å². The van der Waals surface area contributed by atoms with E-state index in [0.29, 0.717) is 19.6 Å². The molecule has 2 saturated heterocycles. The molecular formula is C33H39N3O5. The van der Waals surface area contributed by atoms with Crippen LogP contribution in [0.25, 0.3) is 11.1 Å². The van der Waals surface area contributed by atoms with E-state index in [4.69, 9.17) is 14.3 Å². The van der Waals surface area contributed by atoms with Crippen LogP contribution < -0.4 is 16.1 Å². The standard InChI is InChI=1S/C33H39N3O5/c37-32(30-14-4-5-17-34-30)40-22-25-10-6-12-27(18-25)28-13-7-11-26(19-28)23-41-36-29-15-16-31(35-20-29)33(38)39-21-24-8-2-1-3-9-24/h1-3,6-13,18-19,29-31,34-36H,4-5,14-17,20-23H2/t29-,30+,31+/m1/s1.